The van der Waals surface area contributed by atoms with Gasteiger partial charge in [0.2, 0.25) is 0 Å². The van der Waals surface area contributed by atoms with Gasteiger partial charge in [0.15, 0.2) is 11.2 Å². The third-order valence-corrected chi connectivity index (χ3v) is 7.73. The van der Waals surface area contributed by atoms with E-state index in [1.54, 1.807) is 24.3 Å². The summed E-state index contributed by atoms with van der Waals surface area (Å²) < 4.78 is 26.9. The molecule has 35 heavy (non-hydrogen) atoms. The number of imidazole rings is 2. The minimum Gasteiger partial charge on any atom is -0.492 e. The van der Waals surface area contributed by atoms with Crippen molar-refractivity contribution in [2.45, 2.75) is 44.2 Å². The summed E-state index contributed by atoms with van der Waals surface area (Å²) in [7, 11) is -3.99. The van der Waals surface area contributed by atoms with Gasteiger partial charge in [-0.1, -0.05) is 11.6 Å². The van der Waals surface area contributed by atoms with E-state index >= 15 is 0 Å². The topological polar surface area (TPSA) is 137 Å². The molecule has 1 saturated carbocycles. The summed E-state index contributed by atoms with van der Waals surface area (Å²) in [6.07, 6.45) is 7.63. The number of H-pyrrole nitrogens is 1. The molecule has 13 heteroatoms. The number of aromatic nitrogens is 6. The van der Waals surface area contributed by atoms with Crippen LogP contribution in [0.25, 0.3) is 11.2 Å². The van der Waals surface area contributed by atoms with Gasteiger partial charge < -0.3 is 19.2 Å². The smallest absolute Gasteiger partial charge is 0.437 e. The lowest BCUT2D eigenvalue weighted by Crippen LogP contribution is -2.24. The second kappa shape index (κ2) is 9.94. The third-order valence-electron chi connectivity index (χ3n) is 6.08. The van der Waals surface area contributed by atoms with Crippen LogP contribution in [0.4, 0.5) is 0 Å². The minimum atomic E-state index is -3.99. The Bertz CT molecular complexity index is 1400. The molecule has 2 N–H and O–H groups in total. The van der Waals surface area contributed by atoms with Crippen LogP contribution in [0.2, 0.25) is 5.02 Å². The molecule has 3 aromatic heterocycles. The van der Waals surface area contributed by atoms with E-state index in [2.05, 4.69) is 19.9 Å². The lowest BCUT2D eigenvalue weighted by Gasteiger charge is -2.29. The molecule has 1 aromatic carbocycles. The van der Waals surface area contributed by atoms with Crippen molar-refractivity contribution in [3.05, 3.63) is 70.5 Å². The summed E-state index contributed by atoms with van der Waals surface area (Å²) in [5, 5.41) is 0.625. The predicted molar refractivity (Wildman–Crippen MR) is 129 cm³/mol. The van der Waals surface area contributed by atoms with Crippen molar-refractivity contribution in [2.75, 3.05) is 6.61 Å². The first-order chi connectivity index (χ1) is 16.9. The Balaban J connectivity index is 1.31. The van der Waals surface area contributed by atoms with Gasteiger partial charge in [-0.25, -0.2) is 23.9 Å². The van der Waals surface area contributed by atoms with Gasteiger partial charge in [0.05, 0.1) is 19.0 Å². The predicted octanol–water partition coefficient (Wildman–Crippen LogP) is 3.74. The van der Waals surface area contributed by atoms with Crippen molar-refractivity contribution in [1.29, 1.82) is 0 Å². The van der Waals surface area contributed by atoms with E-state index in [1.807, 2.05) is 4.57 Å². The standard InChI is InChI=1S/C22H24ClN6O5P/c23-16-3-7-17(8-4-16)33-12-11-29-19-20(25-13-26-22(19)30)27-21(29)15-1-5-18(6-2-15)34-35(31,32)28-10-9-24-14-28/h3-4,7-10,13-15,18H,1-2,5-6,11-12H2,(H,31,32)(H,25,26,30)/t15-,18-. The molecule has 0 spiro atoms. The van der Waals surface area contributed by atoms with E-state index in [0.29, 0.717) is 60.8 Å². The molecule has 1 fully saturated rings. The maximum Gasteiger partial charge on any atom is 0.437 e. The van der Waals surface area contributed by atoms with Crippen LogP contribution in [0.3, 0.4) is 0 Å². The number of rotatable bonds is 8. The number of benzene rings is 1. The molecule has 3 heterocycles. The Morgan fingerprint density at radius 2 is 1.97 bits per heavy atom. The number of fused-ring (bicyclic) bond motifs is 1. The largest absolute Gasteiger partial charge is 0.492 e. The molecular formula is C22H24ClN6O5P. The van der Waals surface area contributed by atoms with Crippen LogP contribution in [0.15, 0.2) is 54.1 Å². The lowest BCUT2D eigenvalue weighted by molar-refractivity contribution is 0.123. The molecule has 1 atom stereocenters. The molecule has 0 bridgehead atoms. The van der Waals surface area contributed by atoms with Crippen LogP contribution < -0.4 is 10.3 Å². The summed E-state index contributed by atoms with van der Waals surface area (Å²) in [4.78, 5) is 38.2. The number of aromatic amines is 1. The van der Waals surface area contributed by atoms with Gasteiger partial charge in [0, 0.05) is 23.3 Å². The minimum absolute atomic E-state index is 0.0466. The summed E-state index contributed by atoms with van der Waals surface area (Å²) in [5.41, 5.74) is 0.521. The normalized spacial score (nSPS) is 20.1. The summed E-state index contributed by atoms with van der Waals surface area (Å²) in [6.45, 7) is 0.734. The van der Waals surface area contributed by atoms with E-state index in [-0.39, 0.29) is 17.6 Å². The number of hydrogen-bond donors (Lipinski definition) is 2. The molecule has 1 unspecified atom stereocenters. The highest BCUT2D eigenvalue weighted by molar-refractivity contribution is 7.51. The van der Waals surface area contributed by atoms with Crippen molar-refractivity contribution >= 4 is 30.5 Å². The van der Waals surface area contributed by atoms with Gasteiger partial charge in [-0.2, -0.15) is 0 Å². The molecule has 0 aliphatic heterocycles. The van der Waals surface area contributed by atoms with Crippen LogP contribution in [0.1, 0.15) is 37.4 Å². The van der Waals surface area contributed by atoms with E-state index in [1.165, 1.54) is 25.0 Å². The first-order valence-electron chi connectivity index (χ1n) is 11.2. The fourth-order valence-electron chi connectivity index (χ4n) is 4.39. The Morgan fingerprint density at radius 1 is 1.20 bits per heavy atom. The highest BCUT2D eigenvalue weighted by Gasteiger charge is 2.33. The zero-order valence-corrected chi connectivity index (χ0v) is 20.3. The van der Waals surface area contributed by atoms with E-state index in [4.69, 9.17) is 20.9 Å². The average molecular weight is 519 g/mol. The molecule has 0 radical (unpaired) electrons. The molecule has 5 rings (SSSR count). The first kappa shape index (κ1) is 23.7. The van der Waals surface area contributed by atoms with Crippen LogP contribution in [-0.4, -0.2) is 46.4 Å². The number of halogens is 1. The Kier molecular flexibility index (Phi) is 6.75. The fourth-order valence-corrected chi connectivity index (χ4v) is 5.64. The van der Waals surface area contributed by atoms with Gasteiger partial charge in [-0.3, -0.25) is 9.32 Å². The number of nitrogens with one attached hydrogen (secondary N) is 1. The fraction of sp³-hybridized carbons (Fsp3) is 0.364. The average Bonchev–Trinajstić information content (AvgIpc) is 3.51. The van der Waals surface area contributed by atoms with Crippen molar-refractivity contribution < 1.29 is 18.7 Å². The second-order valence-electron chi connectivity index (χ2n) is 8.34. The Hall–Kier alpha value is -2.98. The quantitative estimate of drug-likeness (QED) is 0.336. The van der Waals surface area contributed by atoms with Gasteiger partial charge in [0.25, 0.3) is 5.56 Å². The highest BCUT2D eigenvalue weighted by Crippen LogP contribution is 2.47. The molecule has 0 saturated heterocycles. The maximum atomic E-state index is 12.6. The zero-order chi connectivity index (χ0) is 24.4. The monoisotopic (exact) mass is 518 g/mol. The second-order valence-corrected chi connectivity index (χ2v) is 10.4. The van der Waals surface area contributed by atoms with Crippen molar-refractivity contribution in [1.82, 2.24) is 28.8 Å². The van der Waals surface area contributed by atoms with Gasteiger partial charge in [-0.05, 0) is 49.9 Å². The Morgan fingerprint density at radius 3 is 2.69 bits per heavy atom. The maximum absolute atomic E-state index is 12.6. The SMILES string of the molecule is O=c1[nH]cnc2nc([C@H]3CC[C@H](OP(=O)(O)n4ccnc4)CC3)n(CCOc3ccc(Cl)cc3)c12. The van der Waals surface area contributed by atoms with Crippen molar-refractivity contribution in [3.8, 4) is 5.75 Å². The summed E-state index contributed by atoms with van der Waals surface area (Å²) in [6, 6.07) is 7.08. The number of nitrogens with zero attached hydrogens (tertiary/aromatic N) is 5. The van der Waals surface area contributed by atoms with Gasteiger partial charge in [-0.15, -0.1) is 0 Å². The molecule has 4 aromatic rings. The molecule has 11 nitrogen and oxygen atoms in total. The Labute approximate surface area is 205 Å². The lowest BCUT2D eigenvalue weighted by atomic mass is 9.87. The first-order valence-corrected chi connectivity index (χ1v) is 13.1. The van der Waals surface area contributed by atoms with E-state index in [9.17, 15) is 14.3 Å². The number of ether oxygens (including phenoxy) is 1. The highest BCUT2D eigenvalue weighted by atomic mass is 35.5. The molecule has 1 aliphatic carbocycles. The summed E-state index contributed by atoms with van der Waals surface area (Å²) in [5.74, 6) is 1.48. The van der Waals surface area contributed by atoms with Crippen LogP contribution in [0.5, 0.6) is 5.75 Å². The van der Waals surface area contributed by atoms with Crippen LogP contribution in [0, 0.1) is 0 Å². The summed E-state index contributed by atoms with van der Waals surface area (Å²) >= 11 is 5.93. The molecule has 1 aliphatic rings. The molecule has 0 amide bonds. The third kappa shape index (κ3) is 5.18. The number of hydrogen-bond acceptors (Lipinski definition) is 7. The van der Waals surface area contributed by atoms with Gasteiger partial charge >= 0.3 is 7.75 Å². The van der Waals surface area contributed by atoms with E-state index < -0.39 is 7.75 Å². The van der Waals surface area contributed by atoms with Crippen molar-refractivity contribution in [2.24, 2.45) is 0 Å². The van der Waals surface area contributed by atoms with Crippen LogP contribution in [-0.2, 0) is 15.6 Å². The zero-order valence-electron chi connectivity index (χ0n) is 18.7. The van der Waals surface area contributed by atoms with Crippen LogP contribution >= 0.6 is 19.3 Å². The van der Waals surface area contributed by atoms with Gasteiger partial charge in [0.1, 0.15) is 24.5 Å². The van der Waals surface area contributed by atoms with E-state index in [0.717, 1.165) is 10.2 Å². The molecule has 184 valence electrons. The molecular weight excluding hydrogens is 495 g/mol. The van der Waals surface area contributed by atoms with Crippen molar-refractivity contribution in [3.63, 3.8) is 0 Å².